The van der Waals surface area contributed by atoms with E-state index in [1.54, 1.807) is 0 Å². The third-order valence-corrected chi connectivity index (χ3v) is 6.95. The molecule has 0 aliphatic heterocycles. The zero-order valence-electron chi connectivity index (χ0n) is 15.4. The molecule has 1 heteroatoms. The number of carbonyl (C=O) groups is 1. The minimum atomic E-state index is -0.0918. The van der Waals surface area contributed by atoms with E-state index >= 15 is 0 Å². The van der Waals surface area contributed by atoms with Crippen LogP contribution in [0, 0.1) is 17.3 Å². The summed E-state index contributed by atoms with van der Waals surface area (Å²) in [5.41, 5.74) is 4.10. The smallest absolute Gasteiger partial charge is 0.144 e. The van der Waals surface area contributed by atoms with Crippen molar-refractivity contribution < 1.29 is 4.79 Å². The van der Waals surface area contributed by atoms with Crippen molar-refractivity contribution in [3.8, 4) is 0 Å². The first-order valence-electron chi connectivity index (χ1n) is 9.63. The van der Waals surface area contributed by atoms with E-state index in [2.05, 4.69) is 63.3 Å². The molecular weight excluding hydrogens is 304 g/mol. The number of ketones is 1. The van der Waals surface area contributed by atoms with E-state index in [1.165, 1.54) is 33.9 Å². The normalized spacial score (nSPS) is 30.4. The van der Waals surface area contributed by atoms with Crippen LogP contribution in [0.1, 0.15) is 50.3 Å². The zero-order chi connectivity index (χ0) is 17.4. The Morgan fingerprint density at radius 1 is 1.00 bits per heavy atom. The van der Waals surface area contributed by atoms with Gasteiger partial charge >= 0.3 is 0 Å². The molecule has 0 radical (unpaired) electrons. The van der Waals surface area contributed by atoms with Gasteiger partial charge in [0.25, 0.3) is 0 Å². The summed E-state index contributed by atoms with van der Waals surface area (Å²) < 4.78 is 0. The average Bonchev–Trinajstić information content (AvgIpc) is 3.14. The van der Waals surface area contributed by atoms with E-state index in [-0.39, 0.29) is 10.8 Å². The molecule has 0 heterocycles. The Kier molecular flexibility index (Phi) is 2.98. The van der Waals surface area contributed by atoms with Crippen molar-refractivity contribution >= 4 is 16.6 Å². The van der Waals surface area contributed by atoms with Gasteiger partial charge in [0.15, 0.2) is 0 Å². The highest BCUT2D eigenvalue weighted by atomic mass is 16.1. The summed E-state index contributed by atoms with van der Waals surface area (Å²) >= 11 is 0. The Labute approximate surface area is 150 Å². The van der Waals surface area contributed by atoms with Gasteiger partial charge in [-0.2, -0.15) is 0 Å². The molecular formula is C24H26O. The fourth-order valence-electron chi connectivity index (χ4n) is 5.45. The number of carbonyl (C=O) groups excluding carboxylic acids is 1. The van der Waals surface area contributed by atoms with Gasteiger partial charge in [-0.05, 0) is 64.0 Å². The summed E-state index contributed by atoms with van der Waals surface area (Å²) in [6, 6.07) is 11.5. The van der Waals surface area contributed by atoms with Gasteiger partial charge in [0.05, 0.1) is 0 Å². The predicted octanol–water partition coefficient (Wildman–Crippen LogP) is 5.39. The Morgan fingerprint density at radius 2 is 1.80 bits per heavy atom. The van der Waals surface area contributed by atoms with Crippen LogP contribution in [-0.2, 0) is 23.1 Å². The van der Waals surface area contributed by atoms with Crippen LogP contribution in [0.15, 0.2) is 42.5 Å². The Balaban J connectivity index is 1.60. The molecule has 3 unspecified atom stereocenters. The largest absolute Gasteiger partial charge is 0.299 e. The topological polar surface area (TPSA) is 17.1 Å². The summed E-state index contributed by atoms with van der Waals surface area (Å²) in [6.07, 6.45) is 8.52. The minimum absolute atomic E-state index is 0.0918. The molecule has 25 heavy (non-hydrogen) atoms. The van der Waals surface area contributed by atoms with Gasteiger partial charge < -0.3 is 0 Å². The molecule has 3 aliphatic carbocycles. The first-order chi connectivity index (χ1) is 11.8. The van der Waals surface area contributed by atoms with Gasteiger partial charge in [0.1, 0.15) is 5.78 Å². The van der Waals surface area contributed by atoms with Crippen LogP contribution in [0.3, 0.4) is 0 Å². The van der Waals surface area contributed by atoms with Crippen LogP contribution in [0.5, 0.6) is 0 Å². The molecule has 2 aromatic rings. The molecule has 0 N–H and O–H groups in total. The average molecular weight is 330 g/mol. The van der Waals surface area contributed by atoms with E-state index in [4.69, 9.17) is 0 Å². The molecule has 2 bridgehead atoms. The lowest BCUT2D eigenvalue weighted by molar-refractivity contribution is -0.130. The van der Waals surface area contributed by atoms with Crippen molar-refractivity contribution in [1.29, 1.82) is 0 Å². The zero-order valence-corrected chi connectivity index (χ0v) is 15.4. The highest BCUT2D eigenvalue weighted by molar-refractivity contribution is 5.93. The highest BCUT2D eigenvalue weighted by Crippen LogP contribution is 2.56. The SMILES string of the molecule is CC(C)(C)c1ccc2cc3c(cc2c1)CC(=O)C1(C3)CC2C=CC1C2. The molecule has 0 aromatic heterocycles. The second-order valence-electron chi connectivity index (χ2n) is 9.56. The van der Waals surface area contributed by atoms with Crippen LogP contribution in [0.2, 0.25) is 0 Å². The Morgan fingerprint density at radius 3 is 2.48 bits per heavy atom. The fraction of sp³-hybridized carbons (Fsp3) is 0.458. The van der Waals surface area contributed by atoms with E-state index in [0.29, 0.717) is 24.0 Å². The maximum atomic E-state index is 13.1. The third-order valence-electron chi connectivity index (χ3n) is 6.95. The molecule has 1 saturated carbocycles. The molecule has 1 fully saturated rings. The second-order valence-corrected chi connectivity index (χ2v) is 9.56. The van der Waals surface area contributed by atoms with Gasteiger partial charge in [0.2, 0.25) is 0 Å². The number of rotatable bonds is 0. The quantitative estimate of drug-likeness (QED) is 0.592. The Hall–Kier alpha value is -1.89. The number of Topliss-reactive ketones (excluding diaryl/α,β-unsaturated/α-hetero) is 1. The summed E-state index contributed by atoms with van der Waals surface area (Å²) in [4.78, 5) is 13.1. The molecule has 5 rings (SSSR count). The van der Waals surface area contributed by atoms with Crippen molar-refractivity contribution in [3.63, 3.8) is 0 Å². The lowest BCUT2D eigenvalue weighted by atomic mass is 9.63. The maximum Gasteiger partial charge on any atom is 0.144 e. The molecule has 0 saturated heterocycles. The first-order valence-corrected chi connectivity index (χ1v) is 9.63. The predicted molar refractivity (Wildman–Crippen MR) is 103 cm³/mol. The number of allylic oxidation sites excluding steroid dienone is 2. The molecule has 3 atom stereocenters. The number of fused-ring (bicyclic) bond motifs is 5. The van der Waals surface area contributed by atoms with Crippen LogP contribution in [0.4, 0.5) is 0 Å². The van der Waals surface area contributed by atoms with E-state index in [0.717, 1.165) is 12.8 Å². The van der Waals surface area contributed by atoms with Gasteiger partial charge in [-0.15, -0.1) is 0 Å². The Bertz CT molecular complexity index is 927. The van der Waals surface area contributed by atoms with Crippen LogP contribution >= 0.6 is 0 Å². The van der Waals surface area contributed by atoms with E-state index in [9.17, 15) is 4.79 Å². The van der Waals surface area contributed by atoms with E-state index in [1.807, 2.05) is 0 Å². The molecule has 1 spiro atoms. The molecule has 3 aliphatic rings. The lowest BCUT2D eigenvalue weighted by Crippen LogP contribution is -2.41. The van der Waals surface area contributed by atoms with Crippen LogP contribution < -0.4 is 0 Å². The van der Waals surface area contributed by atoms with Gasteiger partial charge in [-0.1, -0.05) is 63.3 Å². The monoisotopic (exact) mass is 330 g/mol. The first kappa shape index (κ1) is 15.4. The fourth-order valence-corrected chi connectivity index (χ4v) is 5.45. The van der Waals surface area contributed by atoms with Crippen molar-refractivity contribution in [2.24, 2.45) is 17.3 Å². The van der Waals surface area contributed by atoms with Crippen molar-refractivity contribution in [2.45, 2.75) is 51.9 Å². The lowest BCUT2D eigenvalue weighted by Gasteiger charge is -2.38. The van der Waals surface area contributed by atoms with Crippen LogP contribution in [0.25, 0.3) is 10.8 Å². The molecule has 1 nitrogen and oxygen atoms in total. The van der Waals surface area contributed by atoms with Gasteiger partial charge in [-0.25, -0.2) is 0 Å². The summed E-state index contributed by atoms with van der Waals surface area (Å²) in [7, 11) is 0. The summed E-state index contributed by atoms with van der Waals surface area (Å²) in [5.74, 6) is 1.62. The highest BCUT2D eigenvalue weighted by Gasteiger charge is 2.54. The van der Waals surface area contributed by atoms with Crippen molar-refractivity contribution in [1.82, 2.24) is 0 Å². The van der Waals surface area contributed by atoms with Gasteiger partial charge in [-0.3, -0.25) is 4.79 Å². The minimum Gasteiger partial charge on any atom is -0.299 e. The molecule has 0 amide bonds. The van der Waals surface area contributed by atoms with Crippen LogP contribution in [-0.4, -0.2) is 5.78 Å². The second kappa shape index (κ2) is 4.84. The van der Waals surface area contributed by atoms with Gasteiger partial charge in [0, 0.05) is 11.8 Å². The third kappa shape index (κ3) is 2.18. The summed E-state index contributed by atoms with van der Waals surface area (Å²) in [5, 5.41) is 2.60. The number of hydrogen-bond acceptors (Lipinski definition) is 1. The van der Waals surface area contributed by atoms with Crippen molar-refractivity contribution in [2.75, 3.05) is 0 Å². The van der Waals surface area contributed by atoms with Crippen molar-refractivity contribution in [3.05, 3.63) is 59.2 Å². The maximum absolute atomic E-state index is 13.1. The summed E-state index contributed by atoms with van der Waals surface area (Å²) in [6.45, 7) is 6.76. The number of benzene rings is 2. The standard InChI is InChI=1S/C24H26O/c1-23(2,3)20-7-5-16-9-19-14-24(13-15-4-6-21(24)8-15)22(25)12-18(19)10-17(16)11-20/h4-7,9-11,15,21H,8,12-14H2,1-3H3. The van der Waals surface area contributed by atoms with E-state index < -0.39 is 0 Å². The number of hydrogen-bond donors (Lipinski definition) is 0. The molecule has 128 valence electrons. The molecule has 2 aromatic carbocycles.